The lowest BCUT2D eigenvalue weighted by Crippen LogP contribution is -1.99. The molecule has 0 N–H and O–H groups in total. The Morgan fingerprint density at radius 2 is 1.67 bits per heavy atom. The lowest BCUT2D eigenvalue weighted by molar-refractivity contribution is 0.561. The number of hydrogen-bond donors (Lipinski definition) is 0. The lowest BCUT2D eigenvalue weighted by Gasteiger charge is -2.17. The maximum absolute atomic E-state index is 6.23. The highest BCUT2D eigenvalue weighted by Crippen LogP contribution is 2.35. The molecule has 0 spiro atoms. The van der Waals surface area contributed by atoms with Crippen LogP contribution in [0.15, 0.2) is 18.2 Å². The fourth-order valence-corrected chi connectivity index (χ4v) is 2.45. The Labute approximate surface area is 103 Å². The second-order valence-electron chi connectivity index (χ2n) is 3.92. The molecule has 0 amide bonds. The Kier molecular flexibility index (Phi) is 5.49. The predicted octanol–water partition coefficient (Wildman–Crippen LogP) is 5.68. The molecule has 0 aliphatic heterocycles. The number of hydrogen-bond acceptors (Lipinski definition) is 0. The molecule has 84 valence electrons. The maximum Gasteiger partial charge on any atom is 0.0627 e. The molecule has 15 heavy (non-hydrogen) atoms. The van der Waals surface area contributed by atoms with Crippen molar-refractivity contribution in [3.63, 3.8) is 0 Å². The van der Waals surface area contributed by atoms with Gasteiger partial charge in [0.15, 0.2) is 0 Å². The second-order valence-corrected chi connectivity index (χ2v) is 4.70. The summed E-state index contributed by atoms with van der Waals surface area (Å²) in [5.41, 5.74) is 1.22. The summed E-state index contributed by atoms with van der Waals surface area (Å²) >= 11 is 12.3. The molecular formula is C13H18Cl2. The van der Waals surface area contributed by atoms with Gasteiger partial charge in [0.05, 0.1) is 10.0 Å². The van der Waals surface area contributed by atoms with Crippen LogP contribution in [0.3, 0.4) is 0 Å². The van der Waals surface area contributed by atoms with E-state index in [2.05, 4.69) is 19.9 Å². The molecule has 0 nitrogen and oxygen atoms in total. The molecule has 2 heteroatoms. The first-order valence-electron chi connectivity index (χ1n) is 5.64. The van der Waals surface area contributed by atoms with Crippen molar-refractivity contribution in [3.05, 3.63) is 33.8 Å². The molecule has 0 fully saturated rings. The first-order valence-corrected chi connectivity index (χ1v) is 6.40. The zero-order chi connectivity index (χ0) is 11.3. The van der Waals surface area contributed by atoms with E-state index in [9.17, 15) is 0 Å². The van der Waals surface area contributed by atoms with Crippen molar-refractivity contribution < 1.29 is 0 Å². The topological polar surface area (TPSA) is 0 Å². The molecule has 0 saturated carbocycles. The zero-order valence-electron chi connectivity index (χ0n) is 9.39. The van der Waals surface area contributed by atoms with Crippen LogP contribution < -0.4 is 0 Å². The van der Waals surface area contributed by atoms with Gasteiger partial charge in [0.1, 0.15) is 0 Å². The Morgan fingerprint density at radius 1 is 1.07 bits per heavy atom. The normalized spacial score (nSPS) is 11.0. The van der Waals surface area contributed by atoms with Gasteiger partial charge in [0, 0.05) is 0 Å². The van der Waals surface area contributed by atoms with Crippen LogP contribution in [-0.4, -0.2) is 0 Å². The molecule has 0 radical (unpaired) electrons. The van der Waals surface area contributed by atoms with Gasteiger partial charge in [0.2, 0.25) is 0 Å². The van der Waals surface area contributed by atoms with Gasteiger partial charge in [-0.05, 0) is 30.4 Å². The third-order valence-corrected chi connectivity index (χ3v) is 3.53. The van der Waals surface area contributed by atoms with Gasteiger partial charge in [-0.25, -0.2) is 0 Å². The molecule has 0 aliphatic carbocycles. The largest absolute Gasteiger partial charge is 0.0827 e. The van der Waals surface area contributed by atoms with Gasteiger partial charge in [-0.3, -0.25) is 0 Å². The van der Waals surface area contributed by atoms with E-state index in [1.807, 2.05) is 12.1 Å². The number of rotatable bonds is 5. The summed E-state index contributed by atoms with van der Waals surface area (Å²) in [4.78, 5) is 0. The molecule has 1 aromatic carbocycles. The Morgan fingerprint density at radius 3 is 2.20 bits per heavy atom. The van der Waals surface area contributed by atoms with E-state index < -0.39 is 0 Å². The molecule has 0 saturated heterocycles. The summed E-state index contributed by atoms with van der Waals surface area (Å²) in [5.74, 6) is 0.561. The van der Waals surface area contributed by atoms with Crippen LogP contribution in [0.5, 0.6) is 0 Å². The monoisotopic (exact) mass is 244 g/mol. The van der Waals surface area contributed by atoms with Crippen LogP contribution >= 0.6 is 23.2 Å². The average molecular weight is 245 g/mol. The highest BCUT2D eigenvalue weighted by molar-refractivity contribution is 6.42. The van der Waals surface area contributed by atoms with E-state index in [0.29, 0.717) is 10.9 Å². The average Bonchev–Trinajstić information content (AvgIpc) is 2.22. The lowest BCUT2D eigenvalue weighted by atomic mass is 9.90. The first kappa shape index (κ1) is 12.9. The zero-order valence-corrected chi connectivity index (χ0v) is 10.9. The summed E-state index contributed by atoms with van der Waals surface area (Å²) in [6.45, 7) is 4.42. The molecule has 0 atom stereocenters. The number of benzene rings is 1. The molecule has 1 rings (SSSR count). The van der Waals surface area contributed by atoms with E-state index >= 15 is 0 Å². The van der Waals surface area contributed by atoms with E-state index in [-0.39, 0.29) is 0 Å². The standard InChI is InChI=1S/C13H18Cl2/c1-3-6-10(7-4-2)11-8-5-9-12(14)13(11)15/h5,8-10H,3-4,6-7H2,1-2H3. The van der Waals surface area contributed by atoms with Crippen molar-refractivity contribution in [2.45, 2.75) is 45.4 Å². The summed E-state index contributed by atoms with van der Waals surface area (Å²) in [6.07, 6.45) is 4.75. The van der Waals surface area contributed by atoms with Crippen molar-refractivity contribution in [2.75, 3.05) is 0 Å². The summed E-state index contributed by atoms with van der Waals surface area (Å²) in [6, 6.07) is 5.94. The van der Waals surface area contributed by atoms with Gasteiger partial charge in [-0.15, -0.1) is 0 Å². The van der Waals surface area contributed by atoms with Crippen LogP contribution in [0.2, 0.25) is 10.0 Å². The Balaban J connectivity index is 2.94. The second kappa shape index (κ2) is 6.40. The van der Waals surface area contributed by atoms with Crippen LogP contribution in [0.4, 0.5) is 0 Å². The summed E-state index contributed by atoms with van der Waals surface area (Å²) in [7, 11) is 0. The minimum absolute atomic E-state index is 0.561. The third kappa shape index (κ3) is 3.39. The van der Waals surface area contributed by atoms with Crippen LogP contribution in [0.25, 0.3) is 0 Å². The molecule has 1 aromatic rings. The third-order valence-electron chi connectivity index (χ3n) is 2.70. The van der Waals surface area contributed by atoms with Crippen molar-refractivity contribution in [1.82, 2.24) is 0 Å². The van der Waals surface area contributed by atoms with Crippen LogP contribution in [0, 0.1) is 0 Å². The highest BCUT2D eigenvalue weighted by Gasteiger charge is 2.14. The van der Waals surface area contributed by atoms with Gasteiger partial charge in [0.25, 0.3) is 0 Å². The van der Waals surface area contributed by atoms with Crippen LogP contribution in [-0.2, 0) is 0 Å². The highest BCUT2D eigenvalue weighted by atomic mass is 35.5. The Hall–Kier alpha value is -0.200. The van der Waals surface area contributed by atoms with E-state index in [1.54, 1.807) is 0 Å². The first-order chi connectivity index (χ1) is 7.20. The molecular weight excluding hydrogens is 227 g/mol. The van der Waals surface area contributed by atoms with Crippen molar-refractivity contribution in [2.24, 2.45) is 0 Å². The smallest absolute Gasteiger partial charge is 0.0627 e. The SMILES string of the molecule is CCCC(CCC)c1cccc(Cl)c1Cl. The summed E-state index contributed by atoms with van der Waals surface area (Å²) < 4.78 is 0. The van der Waals surface area contributed by atoms with Gasteiger partial charge in [-0.2, -0.15) is 0 Å². The van der Waals surface area contributed by atoms with Crippen molar-refractivity contribution >= 4 is 23.2 Å². The van der Waals surface area contributed by atoms with Crippen molar-refractivity contribution in [3.8, 4) is 0 Å². The maximum atomic E-state index is 6.23. The summed E-state index contributed by atoms with van der Waals surface area (Å²) in [5, 5.41) is 1.41. The molecule has 0 bridgehead atoms. The van der Waals surface area contributed by atoms with Crippen molar-refractivity contribution in [1.29, 1.82) is 0 Å². The quantitative estimate of drug-likeness (QED) is 0.626. The van der Waals surface area contributed by atoms with Gasteiger partial charge in [-0.1, -0.05) is 62.0 Å². The van der Waals surface area contributed by atoms with E-state index in [0.717, 1.165) is 5.02 Å². The fourth-order valence-electron chi connectivity index (χ4n) is 1.99. The molecule has 0 aromatic heterocycles. The molecule has 0 aliphatic rings. The molecule has 0 unspecified atom stereocenters. The predicted molar refractivity (Wildman–Crippen MR) is 69.0 cm³/mol. The van der Waals surface area contributed by atoms with E-state index in [1.165, 1.54) is 31.2 Å². The van der Waals surface area contributed by atoms with Crippen LogP contribution in [0.1, 0.15) is 51.0 Å². The Bertz CT molecular complexity index is 301. The number of halogens is 2. The molecule has 0 heterocycles. The minimum Gasteiger partial charge on any atom is -0.0827 e. The van der Waals surface area contributed by atoms with E-state index in [4.69, 9.17) is 23.2 Å². The fraction of sp³-hybridized carbons (Fsp3) is 0.538. The minimum atomic E-state index is 0.561. The van der Waals surface area contributed by atoms with Gasteiger partial charge >= 0.3 is 0 Å². The van der Waals surface area contributed by atoms with Gasteiger partial charge < -0.3 is 0 Å².